The molecule has 4 heteroatoms. The first kappa shape index (κ1) is 9.36. The lowest BCUT2D eigenvalue weighted by atomic mass is 10.3. The number of rotatable bonds is 4. The zero-order chi connectivity index (χ0) is 7.98. The maximum Gasteiger partial charge on any atom is 0.0529 e. The van der Waals surface area contributed by atoms with Gasteiger partial charge in [-0.1, -0.05) is 5.22 Å². The third-order valence-corrected chi connectivity index (χ3v) is 1.11. The molecule has 0 spiro atoms. The number of aliphatic hydroxyl groups is 1. The minimum absolute atomic E-state index is 0.255. The van der Waals surface area contributed by atoms with Gasteiger partial charge in [0.1, 0.15) is 0 Å². The molecule has 0 heterocycles. The van der Waals surface area contributed by atoms with Crippen LogP contribution in [0.15, 0.2) is 10.3 Å². The van der Waals surface area contributed by atoms with E-state index < -0.39 is 0 Å². The quantitative estimate of drug-likeness (QED) is 0.467. The van der Waals surface area contributed by atoms with Gasteiger partial charge in [0.2, 0.25) is 0 Å². The molecule has 0 saturated carbocycles. The zero-order valence-electron chi connectivity index (χ0n) is 6.78. The highest BCUT2D eigenvalue weighted by Gasteiger charge is 1.97. The van der Waals surface area contributed by atoms with Crippen LogP contribution in [0.3, 0.4) is 0 Å². The molecule has 4 nitrogen and oxygen atoms in total. The van der Waals surface area contributed by atoms with Gasteiger partial charge in [-0.05, 0) is 13.3 Å². The minimum Gasteiger partial charge on any atom is -0.393 e. The van der Waals surface area contributed by atoms with Crippen LogP contribution in [0, 0.1) is 0 Å². The third kappa shape index (κ3) is 5.50. The first-order valence-corrected chi connectivity index (χ1v) is 3.35. The molecule has 0 aliphatic heterocycles. The first-order chi connectivity index (χ1) is 4.66. The summed E-state index contributed by atoms with van der Waals surface area (Å²) < 4.78 is 0. The maximum atomic E-state index is 8.87. The standard InChI is InChI=1S/C6H15N3O/c1-6(10)4-5-9(3)8-7-2/h6,10H,4-5H2,1-3H3. The van der Waals surface area contributed by atoms with Crippen molar-refractivity contribution >= 4 is 0 Å². The van der Waals surface area contributed by atoms with E-state index in [0.717, 1.165) is 13.0 Å². The van der Waals surface area contributed by atoms with E-state index in [1.807, 2.05) is 7.05 Å². The molecule has 0 aromatic carbocycles. The average molecular weight is 145 g/mol. The summed E-state index contributed by atoms with van der Waals surface area (Å²) >= 11 is 0. The molecule has 0 aliphatic rings. The van der Waals surface area contributed by atoms with E-state index in [-0.39, 0.29) is 6.10 Å². The molecule has 0 fully saturated rings. The van der Waals surface area contributed by atoms with Crippen LogP contribution in [-0.2, 0) is 0 Å². The Kier molecular flexibility index (Phi) is 4.84. The second-order valence-electron chi connectivity index (χ2n) is 2.31. The fraction of sp³-hybridized carbons (Fsp3) is 1.00. The summed E-state index contributed by atoms with van der Waals surface area (Å²) in [4.78, 5) is 0. The molecule has 0 bridgehead atoms. The Balaban J connectivity index is 3.30. The molecule has 0 rings (SSSR count). The summed E-state index contributed by atoms with van der Waals surface area (Å²) in [6.45, 7) is 2.51. The van der Waals surface area contributed by atoms with Crippen molar-refractivity contribution in [3.05, 3.63) is 0 Å². The molecule has 1 unspecified atom stereocenters. The lowest BCUT2D eigenvalue weighted by Crippen LogP contribution is -2.16. The largest absolute Gasteiger partial charge is 0.393 e. The van der Waals surface area contributed by atoms with E-state index in [0.29, 0.717) is 0 Å². The molecule has 0 aromatic heterocycles. The summed E-state index contributed by atoms with van der Waals surface area (Å²) in [6, 6.07) is 0. The van der Waals surface area contributed by atoms with Gasteiger partial charge >= 0.3 is 0 Å². The van der Waals surface area contributed by atoms with Crippen molar-refractivity contribution in [3.8, 4) is 0 Å². The summed E-state index contributed by atoms with van der Waals surface area (Å²) in [5, 5.41) is 17.9. The summed E-state index contributed by atoms with van der Waals surface area (Å²) in [6.07, 6.45) is 0.477. The normalized spacial score (nSPS) is 14.0. The molecule has 1 N–H and O–H groups in total. The highest BCUT2D eigenvalue weighted by atomic mass is 16.3. The van der Waals surface area contributed by atoms with Crippen molar-refractivity contribution in [1.82, 2.24) is 5.01 Å². The van der Waals surface area contributed by atoms with E-state index in [1.165, 1.54) is 0 Å². The Morgan fingerprint density at radius 3 is 2.60 bits per heavy atom. The van der Waals surface area contributed by atoms with Gasteiger partial charge in [-0.25, -0.2) is 0 Å². The van der Waals surface area contributed by atoms with Crippen molar-refractivity contribution in [2.75, 3.05) is 20.6 Å². The number of aliphatic hydroxyl groups excluding tert-OH is 1. The van der Waals surface area contributed by atoms with Crippen LogP contribution >= 0.6 is 0 Å². The van der Waals surface area contributed by atoms with Crippen LogP contribution in [0.5, 0.6) is 0 Å². The Hall–Kier alpha value is -0.640. The predicted molar refractivity (Wildman–Crippen MR) is 39.7 cm³/mol. The van der Waals surface area contributed by atoms with Gasteiger partial charge in [0.05, 0.1) is 13.2 Å². The Morgan fingerprint density at radius 1 is 1.60 bits per heavy atom. The van der Waals surface area contributed by atoms with Gasteiger partial charge in [0.25, 0.3) is 0 Å². The van der Waals surface area contributed by atoms with Gasteiger partial charge in [-0.2, -0.15) is 5.11 Å². The fourth-order valence-electron chi connectivity index (χ4n) is 0.571. The molecule has 1 atom stereocenters. The highest BCUT2D eigenvalue weighted by molar-refractivity contribution is 4.49. The third-order valence-electron chi connectivity index (χ3n) is 1.11. The van der Waals surface area contributed by atoms with Crippen LogP contribution in [0.4, 0.5) is 0 Å². The van der Waals surface area contributed by atoms with Crippen LogP contribution in [-0.4, -0.2) is 36.9 Å². The SMILES string of the molecule is CN=NN(C)CCC(C)O. The highest BCUT2D eigenvalue weighted by Crippen LogP contribution is 1.93. The predicted octanol–water partition coefficient (Wildman–Crippen LogP) is 0.686. The zero-order valence-corrected chi connectivity index (χ0v) is 6.78. The average Bonchev–Trinajstić information content (AvgIpc) is 1.85. The van der Waals surface area contributed by atoms with Gasteiger partial charge in [0.15, 0.2) is 0 Å². The minimum atomic E-state index is -0.255. The monoisotopic (exact) mass is 145 g/mol. The van der Waals surface area contributed by atoms with E-state index in [1.54, 1.807) is 19.0 Å². The molecule has 0 amide bonds. The van der Waals surface area contributed by atoms with Gasteiger partial charge in [-0.3, -0.25) is 5.01 Å². The van der Waals surface area contributed by atoms with E-state index >= 15 is 0 Å². The van der Waals surface area contributed by atoms with Crippen LogP contribution in [0.2, 0.25) is 0 Å². The molecule has 10 heavy (non-hydrogen) atoms. The van der Waals surface area contributed by atoms with Crippen LogP contribution in [0.25, 0.3) is 0 Å². The molecular formula is C6H15N3O. The van der Waals surface area contributed by atoms with Crippen molar-refractivity contribution in [2.45, 2.75) is 19.4 Å². The Bertz CT molecular complexity index is 103. The smallest absolute Gasteiger partial charge is 0.0529 e. The molecular weight excluding hydrogens is 130 g/mol. The van der Waals surface area contributed by atoms with Crippen molar-refractivity contribution in [1.29, 1.82) is 0 Å². The summed E-state index contributed by atoms with van der Waals surface area (Å²) in [7, 11) is 3.45. The summed E-state index contributed by atoms with van der Waals surface area (Å²) in [5.41, 5.74) is 0. The second-order valence-corrected chi connectivity index (χ2v) is 2.31. The molecule has 0 radical (unpaired) electrons. The summed E-state index contributed by atoms with van der Waals surface area (Å²) in [5.74, 6) is 0. The lowest BCUT2D eigenvalue weighted by Gasteiger charge is -2.11. The number of hydrogen-bond donors (Lipinski definition) is 1. The Morgan fingerprint density at radius 2 is 2.20 bits per heavy atom. The van der Waals surface area contributed by atoms with E-state index in [2.05, 4.69) is 10.3 Å². The molecule has 0 saturated heterocycles. The fourth-order valence-corrected chi connectivity index (χ4v) is 0.571. The Labute approximate surface area is 61.5 Å². The van der Waals surface area contributed by atoms with Crippen LogP contribution in [0.1, 0.15) is 13.3 Å². The van der Waals surface area contributed by atoms with Gasteiger partial charge in [0, 0.05) is 13.6 Å². The van der Waals surface area contributed by atoms with E-state index in [9.17, 15) is 0 Å². The number of hydrogen-bond acceptors (Lipinski definition) is 3. The molecule has 0 aromatic rings. The van der Waals surface area contributed by atoms with Gasteiger partial charge < -0.3 is 5.11 Å². The van der Waals surface area contributed by atoms with Crippen molar-refractivity contribution < 1.29 is 5.11 Å². The topological polar surface area (TPSA) is 48.2 Å². The van der Waals surface area contributed by atoms with E-state index in [4.69, 9.17) is 5.11 Å². The number of nitrogens with zero attached hydrogens (tertiary/aromatic N) is 3. The van der Waals surface area contributed by atoms with Crippen LogP contribution < -0.4 is 0 Å². The molecule has 60 valence electrons. The van der Waals surface area contributed by atoms with Crippen molar-refractivity contribution in [3.63, 3.8) is 0 Å². The lowest BCUT2D eigenvalue weighted by molar-refractivity contribution is 0.163. The first-order valence-electron chi connectivity index (χ1n) is 3.35. The maximum absolute atomic E-state index is 8.87. The molecule has 0 aliphatic carbocycles. The second kappa shape index (κ2) is 5.17. The van der Waals surface area contributed by atoms with Gasteiger partial charge in [-0.15, -0.1) is 0 Å². The van der Waals surface area contributed by atoms with Crippen molar-refractivity contribution in [2.24, 2.45) is 10.3 Å².